The Morgan fingerprint density at radius 3 is 1.42 bits per heavy atom. The molecule has 0 radical (unpaired) electrons. The minimum Gasteiger partial charge on any atom is -0.381 e. The number of rotatable bonds is 14. The van der Waals surface area contributed by atoms with Crippen LogP contribution >= 0.6 is 22.7 Å². The highest BCUT2D eigenvalue weighted by molar-refractivity contribution is 7.19. The van der Waals surface area contributed by atoms with Gasteiger partial charge in [0.25, 0.3) is 0 Å². The van der Waals surface area contributed by atoms with Crippen LogP contribution < -0.4 is 9.06 Å². The lowest BCUT2D eigenvalue weighted by Gasteiger charge is -2.34. The summed E-state index contributed by atoms with van der Waals surface area (Å²) in [4.78, 5) is 0. The zero-order chi connectivity index (χ0) is 31.8. The molecule has 3 aliphatic rings. The van der Waals surface area contributed by atoms with Gasteiger partial charge >= 0.3 is 0 Å². The lowest BCUT2D eigenvalue weighted by Crippen LogP contribution is -2.37. The Bertz CT molecular complexity index is 1830. The lowest BCUT2D eigenvalue weighted by atomic mass is 9.77. The maximum absolute atomic E-state index is 9.69. The standard InChI is InChI=1S/C37H38N4O2S2/c1-3-5-7-9-11-42-23-37(24-43-12-10-8-6-4-2)17-25-13-31-32(36-29(25)15-33(45-36)27(19-38)20-39)14-26(18-37)30-16-34(44-35(30)31)28(21-40)22-41/h13-16H,3-12,17-18,23-24H2,1-2H3. The van der Waals surface area contributed by atoms with Crippen molar-refractivity contribution in [3.63, 3.8) is 0 Å². The number of nitrogens with zero attached hydrogens (tertiary/aromatic N) is 4. The molecule has 7 rings (SSSR count). The van der Waals surface area contributed by atoms with Crippen molar-refractivity contribution in [1.82, 2.24) is 0 Å². The van der Waals surface area contributed by atoms with Gasteiger partial charge in [-0.2, -0.15) is 21.0 Å². The Morgan fingerprint density at radius 1 is 0.622 bits per heavy atom. The molecule has 6 nitrogen and oxygen atoms in total. The van der Waals surface area contributed by atoms with Crippen LogP contribution in [0.5, 0.6) is 0 Å². The zero-order valence-corrected chi connectivity index (χ0v) is 27.8. The number of hydrogen-bond acceptors (Lipinski definition) is 8. The molecule has 4 bridgehead atoms. The number of thiophene rings is 2. The molecule has 0 N–H and O–H groups in total. The highest BCUT2D eigenvalue weighted by Gasteiger charge is 2.35. The summed E-state index contributed by atoms with van der Waals surface area (Å²) in [5.74, 6) is 0. The van der Waals surface area contributed by atoms with Gasteiger partial charge in [0.05, 0.1) is 22.3 Å². The second kappa shape index (κ2) is 15.0. The molecule has 0 aliphatic heterocycles. The van der Waals surface area contributed by atoms with Gasteiger partial charge in [-0.25, -0.2) is 0 Å². The number of ether oxygens (including phenoxy) is 2. The van der Waals surface area contributed by atoms with E-state index in [1.165, 1.54) is 48.4 Å². The van der Waals surface area contributed by atoms with Crippen molar-refractivity contribution < 1.29 is 9.47 Å². The molecular weight excluding hydrogens is 597 g/mol. The van der Waals surface area contributed by atoms with Crippen molar-refractivity contribution >= 4 is 64.8 Å². The van der Waals surface area contributed by atoms with Gasteiger partial charge in [-0.15, -0.1) is 22.7 Å². The van der Waals surface area contributed by atoms with Crippen LogP contribution in [0.2, 0.25) is 0 Å². The van der Waals surface area contributed by atoms with E-state index in [2.05, 4.69) is 50.3 Å². The van der Waals surface area contributed by atoms with Gasteiger partial charge in [0.1, 0.15) is 35.4 Å². The minimum absolute atomic E-state index is 0.117. The van der Waals surface area contributed by atoms with Gasteiger partial charge in [0.15, 0.2) is 0 Å². The molecule has 0 saturated heterocycles. The quantitative estimate of drug-likeness (QED) is 0.130. The Balaban J connectivity index is 1.71. The molecule has 0 unspecified atom stereocenters. The lowest BCUT2D eigenvalue weighted by molar-refractivity contribution is -0.0241. The van der Waals surface area contributed by atoms with Crippen LogP contribution in [0.15, 0.2) is 24.3 Å². The van der Waals surface area contributed by atoms with Gasteiger partial charge in [-0.3, -0.25) is 0 Å². The minimum atomic E-state index is -0.352. The summed E-state index contributed by atoms with van der Waals surface area (Å²) in [7, 11) is 0. The van der Waals surface area contributed by atoms with Crippen LogP contribution in [-0.2, 0) is 22.3 Å². The number of benzene rings is 2. The molecule has 3 aliphatic carbocycles. The third kappa shape index (κ3) is 6.92. The topological polar surface area (TPSA) is 114 Å². The van der Waals surface area contributed by atoms with E-state index < -0.39 is 0 Å². The third-order valence-electron chi connectivity index (χ3n) is 8.74. The fourth-order valence-electron chi connectivity index (χ4n) is 6.46. The SMILES string of the molecule is CCCCCCOCC1(COCCCCCC)Cc2cc3c(cc(c4cc(=C(C#N)C#N)sc43)C1)c1sc(=C(C#N)C#N)cc21. The van der Waals surface area contributed by atoms with E-state index in [0.29, 0.717) is 35.5 Å². The van der Waals surface area contributed by atoms with Gasteiger partial charge < -0.3 is 9.47 Å². The summed E-state index contributed by atoms with van der Waals surface area (Å²) in [6.45, 7) is 6.93. The van der Waals surface area contributed by atoms with Crippen LogP contribution in [0.3, 0.4) is 0 Å². The van der Waals surface area contributed by atoms with Crippen molar-refractivity contribution in [3.8, 4) is 24.3 Å². The Morgan fingerprint density at radius 2 is 1.04 bits per heavy atom. The molecule has 2 aromatic heterocycles. The van der Waals surface area contributed by atoms with Gasteiger partial charge in [-0.05, 0) is 71.8 Å². The Kier molecular flexibility index (Phi) is 10.9. The van der Waals surface area contributed by atoms with E-state index in [4.69, 9.17) is 9.47 Å². The Labute approximate surface area is 273 Å². The Hall–Kier alpha value is -3.76. The van der Waals surface area contributed by atoms with E-state index in [9.17, 15) is 21.0 Å². The highest BCUT2D eigenvalue weighted by atomic mass is 32.1. The molecule has 45 heavy (non-hydrogen) atoms. The van der Waals surface area contributed by atoms with Gasteiger partial charge in [-0.1, -0.05) is 52.4 Å². The van der Waals surface area contributed by atoms with Crippen molar-refractivity contribution in [2.45, 2.75) is 78.1 Å². The van der Waals surface area contributed by atoms with E-state index in [-0.39, 0.29) is 16.6 Å². The molecule has 8 heteroatoms. The van der Waals surface area contributed by atoms with Crippen molar-refractivity contribution in [1.29, 1.82) is 21.0 Å². The largest absolute Gasteiger partial charge is 0.381 e. The molecule has 0 atom stereocenters. The van der Waals surface area contributed by atoms with Crippen LogP contribution in [0, 0.1) is 50.7 Å². The second-order valence-electron chi connectivity index (χ2n) is 12.2. The van der Waals surface area contributed by atoms with E-state index in [1.54, 1.807) is 0 Å². The predicted octanol–water partition coefficient (Wildman–Crippen LogP) is 7.94. The highest BCUT2D eigenvalue weighted by Crippen LogP contribution is 2.44. The van der Waals surface area contributed by atoms with Crippen molar-refractivity contribution in [2.75, 3.05) is 26.4 Å². The first-order valence-corrected chi connectivity index (χ1v) is 17.6. The van der Waals surface area contributed by atoms with E-state index >= 15 is 0 Å². The molecule has 230 valence electrons. The monoisotopic (exact) mass is 634 g/mol. The van der Waals surface area contributed by atoms with Crippen LogP contribution in [0.1, 0.15) is 76.3 Å². The van der Waals surface area contributed by atoms with Gasteiger partial charge in [0.2, 0.25) is 0 Å². The van der Waals surface area contributed by atoms with Crippen molar-refractivity contribution in [3.05, 3.63) is 44.5 Å². The molecule has 0 saturated carbocycles. The first-order valence-electron chi connectivity index (χ1n) is 16.0. The fraction of sp³-hybridized carbons (Fsp3) is 0.459. The number of unbranched alkanes of at least 4 members (excludes halogenated alkanes) is 6. The molecule has 2 aromatic carbocycles. The normalized spacial score (nSPS) is 13.4. The molecule has 0 spiro atoms. The first kappa shape index (κ1) is 32.6. The van der Waals surface area contributed by atoms with Crippen LogP contribution in [0.4, 0.5) is 0 Å². The smallest absolute Gasteiger partial charge is 0.146 e. The summed E-state index contributed by atoms with van der Waals surface area (Å²) in [6.07, 6.45) is 10.6. The summed E-state index contributed by atoms with van der Waals surface area (Å²) >= 11 is 2.98. The average molecular weight is 635 g/mol. The number of nitriles is 4. The van der Waals surface area contributed by atoms with Gasteiger partial charge in [0, 0.05) is 38.8 Å². The van der Waals surface area contributed by atoms with E-state index in [0.717, 1.165) is 80.6 Å². The van der Waals surface area contributed by atoms with Crippen molar-refractivity contribution in [2.24, 2.45) is 5.41 Å². The molecule has 0 fully saturated rings. The summed E-state index contributed by atoms with van der Waals surface area (Å²) in [6, 6.07) is 16.8. The van der Waals surface area contributed by atoms with E-state index in [1.807, 2.05) is 12.1 Å². The average Bonchev–Trinajstić information content (AvgIpc) is 3.70. The molecule has 2 heterocycles. The summed E-state index contributed by atoms with van der Waals surface area (Å²) in [5, 5.41) is 43.0. The summed E-state index contributed by atoms with van der Waals surface area (Å²) in [5.41, 5.74) is 2.17. The zero-order valence-electron chi connectivity index (χ0n) is 26.1. The molecule has 0 amide bonds. The number of hydrogen-bond donors (Lipinski definition) is 0. The fourth-order valence-corrected chi connectivity index (χ4v) is 8.80. The van der Waals surface area contributed by atoms with Crippen LogP contribution in [-0.4, -0.2) is 26.4 Å². The maximum Gasteiger partial charge on any atom is 0.146 e. The predicted molar refractivity (Wildman–Crippen MR) is 183 cm³/mol. The first-order chi connectivity index (χ1) is 22.0. The molecule has 4 aromatic rings. The maximum atomic E-state index is 9.69. The third-order valence-corrected chi connectivity index (χ3v) is 11.1. The molecular formula is C37H38N4O2S2. The summed E-state index contributed by atoms with van der Waals surface area (Å²) < 4.78 is 16.4. The van der Waals surface area contributed by atoms with Crippen LogP contribution in [0.25, 0.3) is 42.1 Å². The second-order valence-corrected chi connectivity index (χ2v) is 14.3.